The number of carbonyl (C=O) groups excluding carboxylic acids is 1. The number of carbonyl (C=O) groups is 1. The Balaban J connectivity index is -0.0000000683. The van der Waals surface area contributed by atoms with E-state index in [1.54, 1.807) is 0 Å². The minimum Gasteiger partial charge on any atom is -0.438 e. The van der Waals surface area contributed by atoms with Gasteiger partial charge in [-0.1, -0.05) is 41.5 Å². The number of benzene rings is 2. The largest absolute Gasteiger partial charge is 2.00 e. The van der Waals surface area contributed by atoms with Gasteiger partial charge in [0.05, 0.1) is 14.2 Å². The van der Waals surface area contributed by atoms with Crippen LogP contribution in [-0.2, 0) is 30.5 Å². The minimum atomic E-state index is -0.657. The van der Waals surface area contributed by atoms with E-state index in [1.165, 1.54) is 14.2 Å². The second kappa shape index (κ2) is 43.3. The van der Waals surface area contributed by atoms with Gasteiger partial charge in [0.1, 0.15) is 0 Å². The second-order valence-corrected chi connectivity index (χ2v) is 2.81. The Labute approximate surface area is 170 Å². The third-order valence-corrected chi connectivity index (χ3v) is 1.55. The van der Waals surface area contributed by atoms with Crippen molar-refractivity contribution in [1.82, 2.24) is 0 Å². The fraction of sp³-hybridized carbons (Fsp3) is 0.381. The quantitative estimate of drug-likeness (QED) is 0.297. The molecule has 0 aliphatic heterocycles. The molecule has 3 nitrogen and oxygen atoms in total. The van der Waals surface area contributed by atoms with E-state index in [4.69, 9.17) is 0 Å². The Morgan fingerprint density at radius 2 is 0.840 bits per heavy atom. The van der Waals surface area contributed by atoms with Crippen molar-refractivity contribution >= 4 is 6.16 Å². The van der Waals surface area contributed by atoms with Gasteiger partial charge < -0.3 is 9.47 Å². The normalized spacial score (nSPS) is 6.24. The van der Waals surface area contributed by atoms with Crippen LogP contribution in [0.1, 0.15) is 41.5 Å². The van der Waals surface area contributed by atoms with Crippen molar-refractivity contribution in [2.45, 2.75) is 41.5 Å². The Bertz CT molecular complexity index is 290. The van der Waals surface area contributed by atoms with E-state index in [0.717, 1.165) is 0 Å². The van der Waals surface area contributed by atoms with Gasteiger partial charge in [-0.2, -0.15) is 72.8 Å². The van der Waals surface area contributed by atoms with E-state index in [0.29, 0.717) is 0 Å². The predicted octanol–water partition coefficient (Wildman–Crippen LogP) is 6.45. The maximum Gasteiger partial charge on any atom is 2.00 e. The summed E-state index contributed by atoms with van der Waals surface area (Å²) in [6, 6.07) is 25.0. The Hall–Kier alpha value is -1.60. The summed E-state index contributed by atoms with van der Waals surface area (Å²) in [4.78, 5) is 9.74. The molecule has 0 atom stereocenters. The molecule has 0 aliphatic rings. The van der Waals surface area contributed by atoms with Gasteiger partial charge in [-0.3, -0.25) is 0 Å². The van der Waals surface area contributed by atoms with E-state index < -0.39 is 6.16 Å². The maximum atomic E-state index is 9.74. The topological polar surface area (TPSA) is 35.5 Å². The summed E-state index contributed by atoms with van der Waals surface area (Å²) in [6.07, 6.45) is -0.657. The molecule has 0 radical (unpaired) electrons. The van der Waals surface area contributed by atoms with Crippen molar-refractivity contribution in [3.63, 3.8) is 0 Å². The van der Waals surface area contributed by atoms with Gasteiger partial charge in [0.25, 0.3) is 0 Å². The minimum absolute atomic E-state index is 0. The summed E-state index contributed by atoms with van der Waals surface area (Å²) in [5.41, 5.74) is 0. The van der Waals surface area contributed by atoms with Crippen LogP contribution < -0.4 is 0 Å². The number of hydrogen-bond donors (Lipinski definition) is 0. The van der Waals surface area contributed by atoms with Crippen molar-refractivity contribution in [1.29, 1.82) is 0 Å². The molecule has 0 fully saturated rings. The molecule has 0 heterocycles. The van der Waals surface area contributed by atoms with Gasteiger partial charge in [0.2, 0.25) is 0 Å². The molecule has 0 bridgehead atoms. The Kier molecular flexibility index (Phi) is 60.0. The molecular formula is C21H34O3W. The van der Waals surface area contributed by atoms with Gasteiger partial charge >= 0.3 is 27.2 Å². The van der Waals surface area contributed by atoms with Crippen molar-refractivity contribution in [2.75, 3.05) is 14.2 Å². The molecule has 25 heavy (non-hydrogen) atoms. The molecule has 0 N–H and O–H groups in total. The van der Waals surface area contributed by atoms with Crippen LogP contribution in [0.2, 0.25) is 0 Å². The molecule has 2 aromatic carbocycles. The average molecular weight is 518 g/mol. The molecule has 0 saturated heterocycles. The number of hydrogen-bond acceptors (Lipinski definition) is 3. The zero-order valence-corrected chi connectivity index (χ0v) is 19.8. The van der Waals surface area contributed by atoms with E-state index in [9.17, 15) is 4.79 Å². The Morgan fingerprint density at radius 3 is 0.880 bits per heavy atom. The van der Waals surface area contributed by atoms with Crippen LogP contribution in [0.15, 0.2) is 60.7 Å². The summed E-state index contributed by atoms with van der Waals surface area (Å²) in [5.74, 6) is 0. The van der Waals surface area contributed by atoms with Gasteiger partial charge in [-0.05, 0) is 0 Å². The van der Waals surface area contributed by atoms with Crippen LogP contribution in [0.5, 0.6) is 0 Å². The van der Waals surface area contributed by atoms with Crippen LogP contribution >= 0.6 is 0 Å². The molecule has 0 aliphatic carbocycles. The molecule has 142 valence electrons. The van der Waals surface area contributed by atoms with Crippen molar-refractivity contribution in [3.8, 4) is 0 Å². The van der Waals surface area contributed by atoms with Crippen LogP contribution in [0.25, 0.3) is 0 Å². The maximum absolute atomic E-state index is 9.74. The van der Waals surface area contributed by atoms with Gasteiger partial charge in [-0.15, -0.1) is 0 Å². The van der Waals surface area contributed by atoms with Crippen LogP contribution in [0.3, 0.4) is 0 Å². The molecule has 0 saturated carbocycles. The Morgan fingerprint density at radius 1 is 0.600 bits per heavy atom. The summed E-state index contributed by atoms with van der Waals surface area (Å²) in [5, 5.41) is 0. The fourth-order valence-electron chi connectivity index (χ4n) is 0.767. The van der Waals surface area contributed by atoms with Gasteiger partial charge in [0.15, 0.2) is 0 Å². The molecule has 0 amide bonds. The molecule has 0 spiro atoms. The van der Waals surface area contributed by atoms with E-state index in [-0.39, 0.29) is 21.1 Å². The monoisotopic (exact) mass is 518 g/mol. The predicted molar refractivity (Wildman–Crippen MR) is 104 cm³/mol. The summed E-state index contributed by atoms with van der Waals surface area (Å²) in [6.45, 7) is 12.0. The molecule has 0 aromatic heterocycles. The van der Waals surface area contributed by atoms with E-state index >= 15 is 0 Å². The first kappa shape index (κ1) is 34.7. The van der Waals surface area contributed by atoms with Crippen LogP contribution in [0, 0.1) is 12.1 Å². The first-order chi connectivity index (χ1) is 11.8. The second-order valence-electron chi connectivity index (χ2n) is 2.81. The molecule has 2 aromatic rings. The molecular weight excluding hydrogens is 484 g/mol. The van der Waals surface area contributed by atoms with E-state index in [2.05, 4.69) is 21.6 Å². The summed E-state index contributed by atoms with van der Waals surface area (Å²) < 4.78 is 8.08. The number of methoxy groups -OCH3 is 2. The standard InChI is InChI=1S/2C6H5.C3H6O3.3C2H6.W/c2*1-2-4-6-5-3-1;1-5-3(4)6-2;3*1-2;/h2*1-5H;1-2H3;3*1-2H3;/q2*-1;;;;;+2. The molecule has 2 rings (SSSR count). The van der Waals surface area contributed by atoms with Crippen LogP contribution in [0.4, 0.5) is 4.79 Å². The number of ether oxygens (including phenoxy) is 2. The molecule has 0 unspecified atom stereocenters. The summed E-state index contributed by atoms with van der Waals surface area (Å²) in [7, 11) is 2.51. The molecule has 4 heteroatoms. The van der Waals surface area contributed by atoms with Gasteiger partial charge in [-0.25, -0.2) is 4.79 Å². The zero-order chi connectivity index (χ0) is 19.5. The first-order valence-corrected chi connectivity index (χ1v) is 8.25. The fourth-order valence-corrected chi connectivity index (χ4v) is 0.767. The van der Waals surface area contributed by atoms with E-state index in [1.807, 2.05) is 102 Å². The van der Waals surface area contributed by atoms with Crippen molar-refractivity contribution in [3.05, 3.63) is 72.8 Å². The van der Waals surface area contributed by atoms with Crippen LogP contribution in [-0.4, -0.2) is 20.4 Å². The third kappa shape index (κ3) is 45.0. The number of rotatable bonds is 0. The first-order valence-electron chi connectivity index (χ1n) is 8.25. The zero-order valence-electron chi connectivity index (χ0n) is 16.9. The SMILES string of the molecule is CC.CC.CC.COC(=O)OC.[W+2].[c-]1ccccc1.[c-]1ccccc1. The van der Waals surface area contributed by atoms with Gasteiger partial charge in [0, 0.05) is 0 Å². The average Bonchev–Trinajstić information content (AvgIpc) is 2.75. The summed E-state index contributed by atoms with van der Waals surface area (Å²) >= 11 is 0. The third-order valence-electron chi connectivity index (χ3n) is 1.55. The van der Waals surface area contributed by atoms with Crippen molar-refractivity contribution in [2.24, 2.45) is 0 Å². The smallest absolute Gasteiger partial charge is 0.438 e. The van der Waals surface area contributed by atoms with Crippen molar-refractivity contribution < 1.29 is 35.3 Å².